The molecule has 1 aliphatic rings. The Kier molecular flexibility index (Phi) is 3.08. The van der Waals surface area contributed by atoms with Gasteiger partial charge in [-0.25, -0.2) is 4.39 Å². The van der Waals surface area contributed by atoms with E-state index in [4.69, 9.17) is 0 Å². The second-order valence-corrected chi connectivity index (χ2v) is 4.17. The number of rotatable bonds is 2. The first kappa shape index (κ1) is 11.6. The molecule has 0 radical (unpaired) electrons. The van der Waals surface area contributed by atoms with Crippen LogP contribution in [0.2, 0.25) is 0 Å². The number of nitrogens with zero attached hydrogens (tertiary/aromatic N) is 1. The fourth-order valence-electron chi connectivity index (χ4n) is 1.82. The van der Waals surface area contributed by atoms with E-state index in [9.17, 15) is 14.0 Å². The summed E-state index contributed by atoms with van der Waals surface area (Å²) in [7, 11) is 1.67. The molecule has 90 valence electrons. The maximum absolute atomic E-state index is 12.7. The highest BCUT2D eigenvalue weighted by atomic mass is 19.1. The van der Waals surface area contributed by atoms with E-state index < -0.39 is 0 Å². The van der Waals surface area contributed by atoms with Crippen LogP contribution in [0.4, 0.5) is 10.1 Å². The van der Waals surface area contributed by atoms with Crippen LogP contribution in [0, 0.1) is 11.7 Å². The van der Waals surface area contributed by atoms with Crippen LogP contribution in [0.1, 0.15) is 6.42 Å². The highest BCUT2D eigenvalue weighted by molar-refractivity contribution is 5.97. The first-order chi connectivity index (χ1) is 8.06. The number of carbonyl (C=O) groups excluding carboxylic acids is 2. The van der Waals surface area contributed by atoms with Gasteiger partial charge in [0.1, 0.15) is 5.82 Å². The molecule has 1 atom stereocenters. The van der Waals surface area contributed by atoms with Gasteiger partial charge in [-0.15, -0.1) is 0 Å². The highest BCUT2D eigenvalue weighted by Crippen LogP contribution is 2.18. The van der Waals surface area contributed by atoms with Crippen LogP contribution >= 0.6 is 0 Å². The lowest BCUT2D eigenvalue weighted by atomic mass is 10.1. The van der Waals surface area contributed by atoms with Gasteiger partial charge in [0.2, 0.25) is 11.8 Å². The zero-order chi connectivity index (χ0) is 12.4. The Morgan fingerprint density at radius 1 is 1.41 bits per heavy atom. The van der Waals surface area contributed by atoms with Gasteiger partial charge in [-0.3, -0.25) is 9.59 Å². The number of hydrogen-bond acceptors (Lipinski definition) is 2. The summed E-state index contributed by atoms with van der Waals surface area (Å²) in [5.41, 5.74) is 0.540. The van der Waals surface area contributed by atoms with Crippen molar-refractivity contribution < 1.29 is 14.0 Å². The van der Waals surface area contributed by atoms with Crippen LogP contribution in [0.15, 0.2) is 24.3 Å². The van der Waals surface area contributed by atoms with E-state index in [1.165, 1.54) is 29.2 Å². The minimum atomic E-state index is -0.348. The molecule has 0 aromatic heterocycles. The standard InChI is InChI=1S/C12H13FN2O2/c1-15-7-8(6-11(15)16)12(17)14-10-4-2-9(13)3-5-10/h2-5,8H,6-7H2,1H3,(H,14,17). The molecular weight excluding hydrogens is 223 g/mol. The molecule has 2 rings (SSSR count). The number of likely N-dealkylation sites (tertiary alicyclic amines) is 1. The summed E-state index contributed by atoms with van der Waals surface area (Å²) < 4.78 is 12.7. The van der Waals surface area contributed by atoms with Crippen LogP contribution in [-0.4, -0.2) is 30.3 Å². The minimum Gasteiger partial charge on any atom is -0.345 e. The number of amides is 2. The molecule has 0 saturated carbocycles. The molecule has 1 fully saturated rings. The van der Waals surface area contributed by atoms with Gasteiger partial charge in [-0.05, 0) is 24.3 Å². The van der Waals surface area contributed by atoms with Crippen molar-refractivity contribution in [3.8, 4) is 0 Å². The molecule has 2 amide bonds. The van der Waals surface area contributed by atoms with E-state index >= 15 is 0 Å². The summed E-state index contributed by atoms with van der Waals surface area (Å²) in [4.78, 5) is 24.6. The third kappa shape index (κ3) is 2.61. The van der Waals surface area contributed by atoms with Crippen LogP contribution in [0.5, 0.6) is 0 Å². The lowest BCUT2D eigenvalue weighted by Crippen LogP contribution is -2.25. The Hall–Kier alpha value is -1.91. The molecule has 1 saturated heterocycles. The van der Waals surface area contributed by atoms with Gasteiger partial charge >= 0.3 is 0 Å². The monoisotopic (exact) mass is 236 g/mol. The third-order valence-electron chi connectivity index (χ3n) is 2.82. The molecule has 1 aromatic rings. The summed E-state index contributed by atoms with van der Waals surface area (Å²) in [5.74, 6) is -0.894. The molecule has 1 unspecified atom stereocenters. The first-order valence-electron chi connectivity index (χ1n) is 5.36. The molecule has 0 spiro atoms. The normalized spacial score (nSPS) is 19.5. The molecule has 17 heavy (non-hydrogen) atoms. The summed E-state index contributed by atoms with van der Waals surface area (Å²) in [6, 6.07) is 5.55. The van der Waals surface area contributed by atoms with Gasteiger partial charge in [0.25, 0.3) is 0 Å². The zero-order valence-corrected chi connectivity index (χ0v) is 9.44. The zero-order valence-electron chi connectivity index (χ0n) is 9.44. The van der Waals surface area contributed by atoms with E-state index in [1.54, 1.807) is 7.05 Å². The first-order valence-corrected chi connectivity index (χ1v) is 5.36. The van der Waals surface area contributed by atoms with Crippen molar-refractivity contribution >= 4 is 17.5 Å². The quantitative estimate of drug-likeness (QED) is 0.840. The molecule has 4 nitrogen and oxygen atoms in total. The average molecular weight is 236 g/mol. The predicted octanol–water partition coefficient (Wildman–Crippen LogP) is 1.24. The van der Waals surface area contributed by atoms with Crippen LogP contribution in [0.3, 0.4) is 0 Å². The smallest absolute Gasteiger partial charge is 0.229 e. The van der Waals surface area contributed by atoms with Gasteiger partial charge in [0.05, 0.1) is 5.92 Å². The van der Waals surface area contributed by atoms with E-state index in [0.29, 0.717) is 12.2 Å². The van der Waals surface area contributed by atoms with Crippen molar-refractivity contribution in [2.75, 3.05) is 18.9 Å². The van der Waals surface area contributed by atoms with Crippen molar-refractivity contribution in [3.05, 3.63) is 30.1 Å². The van der Waals surface area contributed by atoms with Crippen molar-refractivity contribution in [2.24, 2.45) is 5.92 Å². The highest BCUT2D eigenvalue weighted by Gasteiger charge is 2.31. The molecule has 1 aliphatic heterocycles. The van der Waals surface area contributed by atoms with E-state index in [-0.39, 0.29) is 30.0 Å². The summed E-state index contributed by atoms with van der Waals surface area (Å²) in [6.45, 7) is 0.436. The summed E-state index contributed by atoms with van der Waals surface area (Å²) in [6.07, 6.45) is 0.240. The second kappa shape index (κ2) is 4.53. The van der Waals surface area contributed by atoms with Crippen molar-refractivity contribution in [1.29, 1.82) is 0 Å². The summed E-state index contributed by atoms with van der Waals surface area (Å²) >= 11 is 0. The minimum absolute atomic E-state index is 0.0238. The Balaban J connectivity index is 1.98. The number of halogens is 1. The predicted molar refractivity (Wildman–Crippen MR) is 60.8 cm³/mol. The second-order valence-electron chi connectivity index (χ2n) is 4.17. The third-order valence-corrected chi connectivity index (χ3v) is 2.82. The van der Waals surface area contributed by atoms with Crippen LogP contribution in [-0.2, 0) is 9.59 Å². The fraction of sp³-hybridized carbons (Fsp3) is 0.333. The lowest BCUT2D eigenvalue weighted by molar-refractivity contribution is -0.127. The Labute approximate surface area is 98.4 Å². The summed E-state index contributed by atoms with van der Waals surface area (Å²) in [5, 5.41) is 2.67. The molecule has 1 aromatic carbocycles. The number of benzene rings is 1. The van der Waals surface area contributed by atoms with Gasteiger partial charge in [-0.2, -0.15) is 0 Å². The van der Waals surface area contributed by atoms with Crippen LogP contribution in [0.25, 0.3) is 0 Å². The van der Waals surface area contributed by atoms with Crippen molar-refractivity contribution in [2.45, 2.75) is 6.42 Å². The molecular formula is C12H13FN2O2. The molecule has 5 heteroatoms. The lowest BCUT2D eigenvalue weighted by Gasteiger charge is -2.10. The topological polar surface area (TPSA) is 49.4 Å². The largest absolute Gasteiger partial charge is 0.345 e. The van der Waals surface area contributed by atoms with Gasteiger partial charge < -0.3 is 10.2 Å². The SMILES string of the molecule is CN1CC(C(=O)Nc2ccc(F)cc2)CC1=O. The van der Waals surface area contributed by atoms with Gasteiger partial charge in [0.15, 0.2) is 0 Å². The fourth-order valence-corrected chi connectivity index (χ4v) is 1.82. The van der Waals surface area contributed by atoms with Gasteiger partial charge in [0, 0.05) is 25.7 Å². The Bertz CT molecular complexity index is 444. The Morgan fingerprint density at radius 3 is 2.59 bits per heavy atom. The molecule has 1 N–H and O–H groups in total. The number of nitrogens with one attached hydrogen (secondary N) is 1. The number of anilines is 1. The average Bonchev–Trinajstić information content (AvgIpc) is 2.63. The van der Waals surface area contributed by atoms with Crippen molar-refractivity contribution in [1.82, 2.24) is 4.90 Å². The van der Waals surface area contributed by atoms with E-state index in [0.717, 1.165) is 0 Å². The maximum atomic E-state index is 12.7. The molecule has 1 heterocycles. The maximum Gasteiger partial charge on any atom is 0.229 e. The Morgan fingerprint density at radius 2 is 2.06 bits per heavy atom. The van der Waals surface area contributed by atoms with Crippen LogP contribution < -0.4 is 5.32 Å². The van der Waals surface area contributed by atoms with Crippen molar-refractivity contribution in [3.63, 3.8) is 0 Å². The van der Waals surface area contributed by atoms with E-state index in [1.807, 2.05) is 0 Å². The molecule has 0 aliphatic carbocycles. The van der Waals surface area contributed by atoms with E-state index in [2.05, 4.69) is 5.32 Å². The number of hydrogen-bond donors (Lipinski definition) is 1. The molecule has 0 bridgehead atoms. The van der Waals surface area contributed by atoms with Gasteiger partial charge in [-0.1, -0.05) is 0 Å². The number of carbonyl (C=O) groups is 2.